The molecule has 1 aliphatic carbocycles. The third-order valence-corrected chi connectivity index (χ3v) is 4.22. The highest BCUT2D eigenvalue weighted by atomic mass is 16.3. The van der Waals surface area contributed by atoms with Crippen LogP contribution in [-0.4, -0.2) is 29.3 Å². The van der Waals surface area contributed by atoms with E-state index in [0.717, 1.165) is 22.3 Å². The number of hydrogen-bond donors (Lipinski definition) is 2. The van der Waals surface area contributed by atoms with Gasteiger partial charge >= 0.3 is 0 Å². The first-order valence-corrected chi connectivity index (χ1v) is 7.32. The third kappa shape index (κ3) is 2.31. The van der Waals surface area contributed by atoms with Crippen LogP contribution in [0, 0.1) is 0 Å². The molecule has 2 aromatic rings. The van der Waals surface area contributed by atoms with Gasteiger partial charge in [0, 0.05) is 24.2 Å². The van der Waals surface area contributed by atoms with E-state index in [4.69, 9.17) is 5.73 Å². The van der Waals surface area contributed by atoms with Crippen LogP contribution in [0.1, 0.15) is 25.7 Å². The van der Waals surface area contributed by atoms with Crippen molar-refractivity contribution in [3.8, 4) is 0 Å². The van der Waals surface area contributed by atoms with Crippen molar-refractivity contribution in [1.29, 1.82) is 0 Å². The lowest BCUT2D eigenvalue weighted by Gasteiger charge is -2.32. The minimum atomic E-state index is 0.154. The summed E-state index contributed by atoms with van der Waals surface area (Å²) < 4.78 is 0. The van der Waals surface area contributed by atoms with E-state index in [1.54, 1.807) is 6.20 Å². The average molecular weight is 271 g/mol. The highest BCUT2D eigenvalue weighted by molar-refractivity contribution is 5.97. The number of aliphatic hydroxyl groups excluding tert-OH is 1. The maximum absolute atomic E-state index is 9.37. The van der Waals surface area contributed by atoms with Gasteiger partial charge in [0.1, 0.15) is 0 Å². The van der Waals surface area contributed by atoms with Crippen LogP contribution in [0.25, 0.3) is 10.9 Å². The average Bonchev–Trinajstić information content (AvgIpc) is 3.00. The largest absolute Gasteiger partial charge is 0.396 e. The van der Waals surface area contributed by atoms with Crippen LogP contribution in [0.2, 0.25) is 0 Å². The second kappa shape index (κ2) is 5.67. The number of anilines is 2. The monoisotopic (exact) mass is 271 g/mol. The summed E-state index contributed by atoms with van der Waals surface area (Å²) in [6, 6.07) is 8.47. The van der Waals surface area contributed by atoms with Crippen LogP contribution in [0.5, 0.6) is 0 Å². The van der Waals surface area contributed by atoms with Crippen molar-refractivity contribution in [3.05, 3.63) is 30.5 Å². The van der Waals surface area contributed by atoms with E-state index in [9.17, 15) is 5.11 Å². The number of aliphatic hydroxyl groups is 1. The predicted octanol–water partition coefficient (Wildman–Crippen LogP) is 2.56. The summed E-state index contributed by atoms with van der Waals surface area (Å²) in [5, 5.41) is 10.4. The van der Waals surface area contributed by atoms with E-state index in [-0.39, 0.29) is 6.61 Å². The van der Waals surface area contributed by atoms with Crippen LogP contribution in [0.3, 0.4) is 0 Å². The fraction of sp³-hybridized carbons (Fsp3) is 0.438. The Balaban J connectivity index is 2.03. The molecule has 1 aliphatic rings. The first-order valence-electron chi connectivity index (χ1n) is 7.32. The van der Waals surface area contributed by atoms with Crippen molar-refractivity contribution in [2.45, 2.75) is 31.7 Å². The van der Waals surface area contributed by atoms with E-state index in [0.29, 0.717) is 12.6 Å². The number of nitrogens with zero attached hydrogens (tertiary/aromatic N) is 2. The number of pyridine rings is 1. The van der Waals surface area contributed by atoms with E-state index < -0.39 is 0 Å². The molecule has 106 valence electrons. The smallest absolute Gasteiger partial charge is 0.0724 e. The van der Waals surface area contributed by atoms with Crippen molar-refractivity contribution < 1.29 is 5.11 Å². The molecular weight excluding hydrogens is 250 g/mol. The van der Waals surface area contributed by atoms with Crippen molar-refractivity contribution >= 4 is 22.3 Å². The predicted molar refractivity (Wildman–Crippen MR) is 82.8 cm³/mol. The maximum atomic E-state index is 9.37. The fourth-order valence-electron chi connectivity index (χ4n) is 3.24. The van der Waals surface area contributed by atoms with Gasteiger partial charge < -0.3 is 15.7 Å². The van der Waals surface area contributed by atoms with Crippen molar-refractivity contribution in [2.75, 3.05) is 23.8 Å². The molecule has 4 heteroatoms. The molecule has 1 heterocycles. The third-order valence-electron chi connectivity index (χ3n) is 4.22. The Kier molecular flexibility index (Phi) is 3.74. The van der Waals surface area contributed by atoms with E-state index in [1.807, 2.05) is 24.3 Å². The zero-order chi connectivity index (χ0) is 13.9. The molecule has 0 atom stereocenters. The fourth-order valence-corrected chi connectivity index (χ4v) is 3.24. The van der Waals surface area contributed by atoms with Crippen LogP contribution in [0.15, 0.2) is 30.5 Å². The van der Waals surface area contributed by atoms with Crippen molar-refractivity contribution in [1.82, 2.24) is 4.98 Å². The SMILES string of the molecule is Nc1c(N(CCO)C2CCCC2)ccc2ncccc12. The number of nitrogen functional groups attached to an aromatic ring is 1. The quantitative estimate of drug-likeness (QED) is 0.839. The molecule has 3 N–H and O–H groups in total. The molecule has 0 radical (unpaired) electrons. The van der Waals surface area contributed by atoms with E-state index in [1.165, 1.54) is 25.7 Å². The summed E-state index contributed by atoms with van der Waals surface area (Å²) in [6.07, 6.45) is 6.68. The minimum absolute atomic E-state index is 0.154. The van der Waals surface area contributed by atoms with Gasteiger partial charge in [-0.1, -0.05) is 12.8 Å². The molecule has 0 saturated heterocycles. The Labute approximate surface area is 119 Å². The van der Waals surface area contributed by atoms with Crippen LogP contribution < -0.4 is 10.6 Å². The lowest BCUT2D eigenvalue weighted by Crippen LogP contribution is -2.36. The lowest BCUT2D eigenvalue weighted by atomic mass is 10.1. The van der Waals surface area contributed by atoms with Crippen molar-refractivity contribution in [2.24, 2.45) is 0 Å². The number of nitrogens with two attached hydrogens (primary N) is 1. The Morgan fingerprint density at radius 3 is 2.80 bits per heavy atom. The summed E-state index contributed by atoms with van der Waals surface area (Å²) in [4.78, 5) is 6.61. The number of rotatable bonds is 4. The molecule has 4 nitrogen and oxygen atoms in total. The van der Waals surface area contributed by atoms with Crippen molar-refractivity contribution in [3.63, 3.8) is 0 Å². The van der Waals surface area contributed by atoms with Gasteiger partial charge in [-0.15, -0.1) is 0 Å². The van der Waals surface area contributed by atoms with Crippen LogP contribution in [0.4, 0.5) is 11.4 Å². The maximum Gasteiger partial charge on any atom is 0.0724 e. The Bertz CT molecular complexity index is 593. The first kappa shape index (κ1) is 13.2. The van der Waals surface area contributed by atoms with Crippen LogP contribution in [-0.2, 0) is 0 Å². The molecule has 0 spiro atoms. The summed E-state index contributed by atoms with van der Waals surface area (Å²) >= 11 is 0. The molecule has 0 bridgehead atoms. The lowest BCUT2D eigenvalue weighted by molar-refractivity contribution is 0.297. The highest BCUT2D eigenvalue weighted by Gasteiger charge is 2.24. The van der Waals surface area contributed by atoms with Gasteiger partial charge in [0.2, 0.25) is 0 Å². The van der Waals surface area contributed by atoms with E-state index in [2.05, 4.69) is 9.88 Å². The summed E-state index contributed by atoms with van der Waals surface area (Å²) in [5.41, 5.74) is 9.08. The topological polar surface area (TPSA) is 62.4 Å². The second-order valence-corrected chi connectivity index (χ2v) is 5.42. The number of hydrogen-bond acceptors (Lipinski definition) is 4. The molecule has 0 amide bonds. The van der Waals surface area contributed by atoms with E-state index >= 15 is 0 Å². The Morgan fingerprint density at radius 2 is 2.05 bits per heavy atom. The first-order chi connectivity index (χ1) is 9.81. The Hall–Kier alpha value is -1.81. The highest BCUT2D eigenvalue weighted by Crippen LogP contribution is 2.35. The van der Waals surface area contributed by atoms with Gasteiger partial charge in [0.15, 0.2) is 0 Å². The zero-order valence-corrected chi connectivity index (χ0v) is 11.6. The molecule has 1 fully saturated rings. The molecule has 0 unspecified atom stereocenters. The molecule has 20 heavy (non-hydrogen) atoms. The second-order valence-electron chi connectivity index (χ2n) is 5.42. The molecule has 0 aliphatic heterocycles. The van der Waals surface area contributed by atoms with Gasteiger partial charge in [0.05, 0.1) is 23.5 Å². The zero-order valence-electron chi connectivity index (χ0n) is 11.6. The molecule has 1 saturated carbocycles. The molecular formula is C16H21N3O. The summed E-state index contributed by atoms with van der Waals surface area (Å²) in [6.45, 7) is 0.793. The minimum Gasteiger partial charge on any atom is -0.396 e. The van der Waals surface area contributed by atoms with Gasteiger partial charge in [-0.3, -0.25) is 4.98 Å². The number of benzene rings is 1. The summed E-state index contributed by atoms with van der Waals surface area (Å²) in [7, 11) is 0. The number of fused-ring (bicyclic) bond motifs is 1. The van der Waals surface area contributed by atoms with Gasteiger partial charge in [-0.2, -0.15) is 0 Å². The van der Waals surface area contributed by atoms with Gasteiger partial charge in [0.25, 0.3) is 0 Å². The number of aromatic nitrogens is 1. The summed E-state index contributed by atoms with van der Waals surface area (Å²) in [5.74, 6) is 0. The standard InChI is InChI=1S/C16H21N3O/c17-16-13-6-3-9-18-14(13)7-8-15(16)19(10-11-20)12-4-1-2-5-12/h3,6-9,12,20H,1-2,4-5,10-11,17H2. The van der Waals surface area contributed by atoms with Crippen LogP contribution >= 0.6 is 0 Å². The molecule has 1 aromatic heterocycles. The molecule has 1 aromatic carbocycles. The van der Waals surface area contributed by atoms with Gasteiger partial charge in [-0.05, 0) is 37.1 Å². The normalized spacial score (nSPS) is 15.8. The molecule has 3 rings (SSSR count). The van der Waals surface area contributed by atoms with Gasteiger partial charge in [-0.25, -0.2) is 0 Å². The Morgan fingerprint density at radius 1 is 1.25 bits per heavy atom.